The summed E-state index contributed by atoms with van der Waals surface area (Å²) in [5.74, 6) is 0. The standard InChI is InChI=1S/C14H19N3/c1-3-12(4-2)16-13-6-8-14(9-7-13)17-11-5-10-15-17/h5-12,16H,3-4H2,1-2H3. The number of hydrogen-bond donors (Lipinski definition) is 1. The molecule has 0 bridgehead atoms. The molecule has 0 atom stereocenters. The number of benzene rings is 1. The summed E-state index contributed by atoms with van der Waals surface area (Å²) in [5.41, 5.74) is 2.26. The van der Waals surface area contributed by atoms with Crippen molar-refractivity contribution in [2.45, 2.75) is 32.7 Å². The van der Waals surface area contributed by atoms with Crippen molar-refractivity contribution in [1.82, 2.24) is 9.78 Å². The second kappa shape index (κ2) is 5.53. The molecule has 1 aromatic carbocycles. The molecule has 2 aromatic rings. The van der Waals surface area contributed by atoms with Crippen LogP contribution in [0.5, 0.6) is 0 Å². The van der Waals surface area contributed by atoms with E-state index in [4.69, 9.17) is 0 Å². The molecule has 0 unspecified atom stereocenters. The lowest BCUT2D eigenvalue weighted by atomic mass is 10.1. The minimum absolute atomic E-state index is 0.561. The SMILES string of the molecule is CCC(CC)Nc1ccc(-n2cccn2)cc1. The first-order chi connectivity index (χ1) is 8.33. The van der Waals surface area contributed by atoms with Gasteiger partial charge in [-0.05, 0) is 43.2 Å². The minimum Gasteiger partial charge on any atom is -0.382 e. The van der Waals surface area contributed by atoms with Crippen LogP contribution in [0.2, 0.25) is 0 Å². The molecule has 0 aliphatic rings. The van der Waals surface area contributed by atoms with E-state index in [9.17, 15) is 0 Å². The fourth-order valence-corrected chi connectivity index (χ4v) is 1.86. The van der Waals surface area contributed by atoms with Crippen molar-refractivity contribution >= 4 is 5.69 Å². The maximum Gasteiger partial charge on any atom is 0.0647 e. The molecule has 0 fully saturated rings. The summed E-state index contributed by atoms with van der Waals surface area (Å²) >= 11 is 0. The first-order valence-corrected chi connectivity index (χ1v) is 6.20. The number of nitrogens with one attached hydrogen (secondary N) is 1. The van der Waals surface area contributed by atoms with Gasteiger partial charge in [0.1, 0.15) is 0 Å². The summed E-state index contributed by atoms with van der Waals surface area (Å²) in [5, 5.41) is 7.73. The smallest absolute Gasteiger partial charge is 0.0647 e. The maximum absolute atomic E-state index is 4.21. The van der Waals surface area contributed by atoms with E-state index in [1.54, 1.807) is 6.20 Å². The fourth-order valence-electron chi connectivity index (χ4n) is 1.86. The van der Waals surface area contributed by atoms with Gasteiger partial charge in [-0.2, -0.15) is 5.10 Å². The predicted octanol–water partition coefficient (Wildman–Crippen LogP) is 3.47. The van der Waals surface area contributed by atoms with Crippen LogP contribution in [0.4, 0.5) is 5.69 Å². The quantitative estimate of drug-likeness (QED) is 0.850. The summed E-state index contributed by atoms with van der Waals surface area (Å²) in [6.07, 6.45) is 6.04. The van der Waals surface area contributed by atoms with Crippen LogP contribution in [0.3, 0.4) is 0 Å². The third kappa shape index (κ3) is 2.87. The molecule has 0 saturated carbocycles. The first-order valence-electron chi connectivity index (χ1n) is 6.20. The Morgan fingerprint density at radius 1 is 1.18 bits per heavy atom. The highest BCUT2D eigenvalue weighted by Crippen LogP contribution is 2.15. The summed E-state index contributed by atoms with van der Waals surface area (Å²) < 4.78 is 1.86. The Bertz CT molecular complexity index is 427. The molecule has 0 radical (unpaired) electrons. The van der Waals surface area contributed by atoms with Crippen LogP contribution >= 0.6 is 0 Å². The Morgan fingerprint density at radius 2 is 1.88 bits per heavy atom. The van der Waals surface area contributed by atoms with Gasteiger partial charge < -0.3 is 5.32 Å². The van der Waals surface area contributed by atoms with Crippen LogP contribution < -0.4 is 5.32 Å². The van der Waals surface area contributed by atoms with Gasteiger partial charge >= 0.3 is 0 Å². The zero-order valence-corrected chi connectivity index (χ0v) is 10.4. The highest BCUT2D eigenvalue weighted by atomic mass is 15.3. The molecule has 17 heavy (non-hydrogen) atoms. The van der Waals surface area contributed by atoms with Gasteiger partial charge in [-0.25, -0.2) is 4.68 Å². The molecule has 3 nitrogen and oxygen atoms in total. The molecule has 0 amide bonds. The van der Waals surface area contributed by atoms with E-state index in [0.717, 1.165) is 18.5 Å². The fraction of sp³-hybridized carbons (Fsp3) is 0.357. The lowest BCUT2D eigenvalue weighted by Gasteiger charge is -2.16. The Labute approximate surface area is 102 Å². The molecule has 90 valence electrons. The number of anilines is 1. The zero-order valence-electron chi connectivity index (χ0n) is 10.4. The Morgan fingerprint density at radius 3 is 2.41 bits per heavy atom. The minimum atomic E-state index is 0.561. The predicted molar refractivity (Wildman–Crippen MR) is 71.6 cm³/mol. The monoisotopic (exact) mass is 229 g/mol. The zero-order chi connectivity index (χ0) is 12.1. The Kier molecular flexibility index (Phi) is 3.81. The van der Waals surface area contributed by atoms with Crippen LogP contribution in [0.25, 0.3) is 5.69 Å². The average Bonchev–Trinajstić information content (AvgIpc) is 2.90. The van der Waals surface area contributed by atoms with Crippen LogP contribution in [0, 0.1) is 0 Å². The topological polar surface area (TPSA) is 29.9 Å². The normalized spacial score (nSPS) is 10.8. The van der Waals surface area contributed by atoms with E-state index in [1.807, 2.05) is 16.9 Å². The van der Waals surface area contributed by atoms with Gasteiger partial charge in [0.05, 0.1) is 5.69 Å². The maximum atomic E-state index is 4.21. The van der Waals surface area contributed by atoms with Crippen molar-refractivity contribution in [3.63, 3.8) is 0 Å². The van der Waals surface area contributed by atoms with Crippen LogP contribution in [0.1, 0.15) is 26.7 Å². The third-order valence-electron chi connectivity index (χ3n) is 2.99. The highest BCUT2D eigenvalue weighted by molar-refractivity contribution is 5.49. The highest BCUT2D eigenvalue weighted by Gasteiger charge is 2.03. The second-order valence-electron chi connectivity index (χ2n) is 4.16. The lowest BCUT2D eigenvalue weighted by molar-refractivity contribution is 0.672. The summed E-state index contributed by atoms with van der Waals surface area (Å²) in [4.78, 5) is 0. The first kappa shape index (κ1) is 11.7. The summed E-state index contributed by atoms with van der Waals surface area (Å²) in [6.45, 7) is 4.42. The number of nitrogens with zero attached hydrogens (tertiary/aromatic N) is 2. The van der Waals surface area contributed by atoms with E-state index in [-0.39, 0.29) is 0 Å². The van der Waals surface area contributed by atoms with Crippen molar-refractivity contribution in [2.75, 3.05) is 5.32 Å². The molecule has 1 heterocycles. The third-order valence-corrected chi connectivity index (χ3v) is 2.99. The molecular formula is C14H19N3. The van der Waals surface area contributed by atoms with Gasteiger partial charge in [0, 0.05) is 24.1 Å². The Balaban J connectivity index is 2.08. The van der Waals surface area contributed by atoms with E-state index in [1.165, 1.54) is 5.69 Å². The average molecular weight is 229 g/mol. The van der Waals surface area contributed by atoms with E-state index >= 15 is 0 Å². The summed E-state index contributed by atoms with van der Waals surface area (Å²) in [7, 11) is 0. The van der Waals surface area contributed by atoms with Crippen LogP contribution in [-0.4, -0.2) is 15.8 Å². The number of rotatable bonds is 5. The van der Waals surface area contributed by atoms with Crippen LogP contribution in [0.15, 0.2) is 42.7 Å². The van der Waals surface area contributed by atoms with Gasteiger partial charge in [0.2, 0.25) is 0 Å². The molecule has 0 aliphatic heterocycles. The molecule has 2 rings (SSSR count). The van der Waals surface area contributed by atoms with Gasteiger partial charge in [0.15, 0.2) is 0 Å². The molecule has 1 aromatic heterocycles. The van der Waals surface area contributed by atoms with Crippen molar-refractivity contribution in [3.8, 4) is 5.69 Å². The number of hydrogen-bond acceptors (Lipinski definition) is 2. The molecule has 0 spiro atoms. The molecular weight excluding hydrogens is 210 g/mol. The second-order valence-corrected chi connectivity index (χ2v) is 4.16. The van der Waals surface area contributed by atoms with Gasteiger partial charge in [-0.15, -0.1) is 0 Å². The molecule has 0 saturated heterocycles. The lowest BCUT2D eigenvalue weighted by Crippen LogP contribution is -2.16. The molecule has 1 N–H and O–H groups in total. The largest absolute Gasteiger partial charge is 0.382 e. The number of aromatic nitrogens is 2. The molecule has 3 heteroatoms. The van der Waals surface area contributed by atoms with Crippen molar-refractivity contribution in [3.05, 3.63) is 42.7 Å². The van der Waals surface area contributed by atoms with Gasteiger partial charge in [-0.3, -0.25) is 0 Å². The summed E-state index contributed by atoms with van der Waals surface area (Å²) in [6, 6.07) is 10.9. The van der Waals surface area contributed by atoms with E-state index < -0.39 is 0 Å². The van der Waals surface area contributed by atoms with Crippen molar-refractivity contribution in [2.24, 2.45) is 0 Å². The van der Waals surface area contributed by atoms with Crippen molar-refractivity contribution < 1.29 is 0 Å². The van der Waals surface area contributed by atoms with Crippen LogP contribution in [-0.2, 0) is 0 Å². The van der Waals surface area contributed by atoms with E-state index in [0.29, 0.717) is 6.04 Å². The van der Waals surface area contributed by atoms with E-state index in [2.05, 4.69) is 48.5 Å². The van der Waals surface area contributed by atoms with Gasteiger partial charge in [0.25, 0.3) is 0 Å². The van der Waals surface area contributed by atoms with Gasteiger partial charge in [-0.1, -0.05) is 13.8 Å². The van der Waals surface area contributed by atoms with Crippen molar-refractivity contribution in [1.29, 1.82) is 0 Å². The Hall–Kier alpha value is -1.77. The molecule has 0 aliphatic carbocycles.